The summed E-state index contributed by atoms with van der Waals surface area (Å²) in [6.45, 7) is 2.33. The molecule has 1 aromatic rings. The second-order valence-electron chi connectivity index (χ2n) is 5.15. The van der Waals surface area contributed by atoms with Crippen LogP contribution in [0.3, 0.4) is 0 Å². The van der Waals surface area contributed by atoms with Crippen LogP contribution in [0.15, 0.2) is 29.2 Å². The lowest BCUT2D eigenvalue weighted by molar-refractivity contribution is 0.0963. The van der Waals surface area contributed by atoms with Crippen molar-refractivity contribution in [3.8, 4) is 0 Å². The first kappa shape index (κ1) is 15.9. The molecule has 0 radical (unpaired) electrons. The number of hydrogen-bond acceptors (Lipinski definition) is 4. The van der Waals surface area contributed by atoms with E-state index in [4.69, 9.17) is 0 Å². The van der Waals surface area contributed by atoms with E-state index in [1.165, 1.54) is 31.3 Å². The molecule has 0 unspecified atom stereocenters. The van der Waals surface area contributed by atoms with Gasteiger partial charge in [-0.15, -0.1) is 0 Å². The molecule has 1 heterocycles. The molecule has 0 bridgehead atoms. The summed E-state index contributed by atoms with van der Waals surface area (Å²) in [6, 6.07) is 5.93. The fourth-order valence-electron chi connectivity index (χ4n) is 2.33. The molecule has 6 nitrogen and oxygen atoms in total. The molecule has 0 spiro atoms. The van der Waals surface area contributed by atoms with Gasteiger partial charge in [0.1, 0.15) is 0 Å². The second-order valence-corrected chi connectivity index (χ2v) is 6.92. The van der Waals surface area contributed by atoms with E-state index in [1.54, 1.807) is 0 Å². The molecule has 0 saturated carbocycles. The Balaban J connectivity index is 1.99. The summed E-state index contributed by atoms with van der Waals surface area (Å²) >= 11 is 0. The zero-order chi connectivity index (χ0) is 15.3. The number of nitrogens with one attached hydrogen (secondary N) is 3. The monoisotopic (exact) mass is 311 g/mol. The largest absolute Gasteiger partial charge is 0.355 e. The second kappa shape index (κ2) is 7.02. The average Bonchev–Trinajstić information content (AvgIpc) is 2.53. The van der Waals surface area contributed by atoms with E-state index in [-0.39, 0.29) is 10.8 Å². The standard InChI is InChI=1S/C14H21N3O3S/c1-15-14(18)12-2-4-13(5-3-12)21(19,20)17-10-11-6-8-16-9-7-11/h2-5,11,16-17H,6-10H2,1H3,(H,15,18). The van der Waals surface area contributed by atoms with Crippen molar-refractivity contribution < 1.29 is 13.2 Å². The highest BCUT2D eigenvalue weighted by Crippen LogP contribution is 2.14. The first-order valence-corrected chi connectivity index (χ1v) is 8.54. The van der Waals surface area contributed by atoms with Gasteiger partial charge in [-0.05, 0) is 56.1 Å². The summed E-state index contributed by atoms with van der Waals surface area (Å²) in [5.41, 5.74) is 0.440. The van der Waals surface area contributed by atoms with Crippen LogP contribution in [-0.2, 0) is 10.0 Å². The van der Waals surface area contributed by atoms with E-state index in [9.17, 15) is 13.2 Å². The molecule has 0 atom stereocenters. The Morgan fingerprint density at radius 2 is 1.86 bits per heavy atom. The highest BCUT2D eigenvalue weighted by molar-refractivity contribution is 7.89. The highest BCUT2D eigenvalue weighted by atomic mass is 32.2. The van der Waals surface area contributed by atoms with E-state index in [0.29, 0.717) is 18.0 Å². The van der Waals surface area contributed by atoms with Gasteiger partial charge in [0.15, 0.2) is 0 Å². The predicted molar refractivity (Wildman–Crippen MR) is 80.6 cm³/mol. The quantitative estimate of drug-likeness (QED) is 0.731. The third-order valence-corrected chi connectivity index (χ3v) is 5.11. The molecule has 0 aliphatic carbocycles. The third-order valence-electron chi connectivity index (χ3n) is 3.67. The molecule has 1 aromatic carbocycles. The molecule has 1 fully saturated rings. The van der Waals surface area contributed by atoms with E-state index in [1.807, 2.05) is 0 Å². The van der Waals surface area contributed by atoms with Gasteiger partial charge in [-0.3, -0.25) is 4.79 Å². The van der Waals surface area contributed by atoms with Crippen LogP contribution in [-0.4, -0.2) is 41.0 Å². The highest BCUT2D eigenvalue weighted by Gasteiger charge is 2.18. The molecular weight excluding hydrogens is 290 g/mol. The Hall–Kier alpha value is -1.44. The van der Waals surface area contributed by atoms with E-state index >= 15 is 0 Å². The fraction of sp³-hybridized carbons (Fsp3) is 0.500. The van der Waals surface area contributed by atoms with Crippen molar-refractivity contribution in [2.75, 3.05) is 26.7 Å². The summed E-state index contributed by atoms with van der Waals surface area (Å²) in [6.07, 6.45) is 1.97. The van der Waals surface area contributed by atoms with Gasteiger partial charge in [-0.1, -0.05) is 0 Å². The number of hydrogen-bond donors (Lipinski definition) is 3. The molecule has 21 heavy (non-hydrogen) atoms. The number of benzene rings is 1. The van der Waals surface area contributed by atoms with Crippen molar-refractivity contribution in [3.63, 3.8) is 0 Å². The van der Waals surface area contributed by atoms with E-state index in [2.05, 4.69) is 15.4 Å². The Kier molecular flexibility index (Phi) is 5.33. The van der Waals surface area contributed by atoms with Crippen LogP contribution in [0.1, 0.15) is 23.2 Å². The maximum atomic E-state index is 12.2. The Labute approximate surface area is 125 Å². The molecule has 1 aliphatic rings. The van der Waals surface area contributed by atoms with Crippen LogP contribution in [0.5, 0.6) is 0 Å². The van der Waals surface area contributed by atoms with Gasteiger partial charge in [0, 0.05) is 19.2 Å². The number of carbonyl (C=O) groups is 1. The molecule has 1 saturated heterocycles. The lowest BCUT2D eigenvalue weighted by atomic mass is 9.99. The molecule has 2 rings (SSSR count). The van der Waals surface area contributed by atoms with Crippen LogP contribution in [0.4, 0.5) is 0 Å². The normalized spacial score (nSPS) is 16.6. The van der Waals surface area contributed by atoms with Crippen LogP contribution < -0.4 is 15.4 Å². The summed E-state index contributed by atoms with van der Waals surface area (Å²) in [7, 11) is -1.98. The lowest BCUT2D eigenvalue weighted by Gasteiger charge is -2.22. The maximum absolute atomic E-state index is 12.2. The summed E-state index contributed by atoms with van der Waals surface area (Å²) in [5, 5.41) is 5.75. The van der Waals surface area contributed by atoms with Gasteiger partial charge in [0.25, 0.3) is 5.91 Å². The fourth-order valence-corrected chi connectivity index (χ4v) is 3.44. The Bertz CT molecular complexity index is 578. The van der Waals surface area contributed by atoms with Gasteiger partial charge in [-0.2, -0.15) is 0 Å². The summed E-state index contributed by atoms with van der Waals surface area (Å²) < 4.78 is 27.0. The number of carbonyl (C=O) groups excluding carboxylic acids is 1. The summed E-state index contributed by atoms with van der Waals surface area (Å²) in [5.74, 6) is 0.146. The zero-order valence-electron chi connectivity index (χ0n) is 12.1. The van der Waals surface area contributed by atoms with Gasteiger partial charge in [0.2, 0.25) is 10.0 Å². The number of sulfonamides is 1. The number of amides is 1. The van der Waals surface area contributed by atoms with Crippen LogP contribution in [0.25, 0.3) is 0 Å². The Morgan fingerprint density at radius 3 is 2.43 bits per heavy atom. The maximum Gasteiger partial charge on any atom is 0.251 e. The average molecular weight is 311 g/mol. The molecule has 116 valence electrons. The topological polar surface area (TPSA) is 87.3 Å². The first-order valence-electron chi connectivity index (χ1n) is 7.05. The van der Waals surface area contributed by atoms with Crippen LogP contribution in [0, 0.1) is 5.92 Å². The smallest absolute Gasteiger partial charge is 0.251 e. The molecule has 1 amide bonds. The van der Waals surface area contributed by atoms with Crippen LogP contribution in [0.2, 0.25) is 0 Å². The van der Waals surface area contributed by atoms with Gasteiger partial charge >= 0.3 is 0 Å². The van der Waals surface area contributed by atoms with Gasteiger partial charge < -0.3 is 10.6 Å². The van der Waals surface area contributed by atoms with Crippen molar-refractivity contribution >= 4 is 15.9 Å². The molecule has 3 N–H and O–H groups in total. The molecule has 1 aliphatic heterocycles. The van der Waals surface area contributed by atoms with E-state index < -0.39 is 10.0 Å². The van der Waals surface area contributed by atoms with Crippen molar-refractivity contribution in [2.24, 2.45) is 5.92 Å². The minimum absolute atomic E-state index is 0.184. The first-order chi connectivity index (χ1) is 10.0. The van der Waals surface area contributed by atoms with Crippen molar-refractivity contribution in [1.29, 1.82) is 0 Å². The van der Waals surface area contributed by atoms with Crippen molar-refractivity contribution in [2.45, 2.75) is 17.7 Å². The third kappa shape index (κ3) is 4.26. The minimum atomic E-state index is -3.51. The van der Waals surface area contributed by atoms with Crippen LogP contribution >= 0.6 is 0 Å². The van der Waals surface area contributed by atoms with E-state index in [0.717, 1.165) is 25.9 Å². The number of piperidine rings is 1. The van der Waals surface area contributed by atoms with Gasteiger partial charge in [-0.25, -0.2) is 13.1 Å². The molecular formula is C14H21N3O3S. The summed E-state index contributed by atoms with van der Waals surface area (Å²) in [4.78, 5) is 11.6. The number of rotatable bonds is 5. The Morgan fingerprint density at radius 1 is 1.24 bits per heavy atom. The predicted octanol–water partition coefficient (Wildman–Crippen LogP) is 0.324. The lowest BCUT2D eigenvalue weighted by Crippen LogP contribution is -2.36. The minimum Gasteiger partial charge on any atom is -0.355 e. The van der Waals surface area contributed by atoms with Gasteiger partial charge in [0.05, 0.1) is 4.90 Å². The molecule has 7 heteroatoms. The zero-order valence-corrected chi connectivity index (χ0v) is 12.9. The van der Waals surface area contributed by atoms with Crippen molar-refractivity contribution in [1.82, 2.24) is 15.4 Å². The SMILES string of the molecule is CNC(=O)c1ccc(S(=O)(=O)NCC2CCNCC2)cc1. The van der Waals surface area contributed by atoms with Crippen molar-refractivity contribution in [3.05, 3.63) is 29.8 Å². The molecule has 0 aromatic heterocycles.